The minimum Gasteiger partial charge on any atom is -0.464 e. The number of carbonyl (C=O) groups excluding carboxylic acids is 1. The zero-order valence-corrected chi connectivity index (χ0v) is 10.1. The molecular weight excluding hydrogens is 232 g/mol. The Balaban J connectivity index is 1.98. The number of ether oxygens (including phenoxy) is 1. The number of pyridine rings is 1. The van der Waals surface area contributed by atoms with E-state index in [1.165, 1.54) is 7.11 Å². The molecule has 0 unspecified atom stereocenters. The van der Waals surface area contributed by atoms with Gasteiger partial charge in [0, 0.05) is 5.39 Å². The van der Waals surface area contributed by atoms with Gasteiger partial charge >= 0.3 is 5.97 Å². The van der Waals surface area contributed by atoms with Crippen LogP contribution in [0.5, 0.6) is 0 Å². The largest absolute Gasteiger partial charge is 0.464 e. The third-order valence-corrected chi connectivity index (χ3v) is 3.22. The van der Waals surface area contributed by atoms with Gasteiger partial charge in [0.05, 0.1) is 19.3 Å². The Kier molecular flexibility index (Phi) is 2.76. The average molecular weight is 246 g/mol. The van der Waals surface area contributed by atoms with Crippen LogP contribution in [0.25, 0.3) is 11.0 Å². The van der Waals surface area contributed by atoms with Crippen LogP contribution < -0.4 is 5.32 Å². The lowest BCUT2D eigenvalue weighted by atomic mass is 10.1. The minimum atomic E-state index is -0.432. The number of nitrogens with one attached hydrogen (secondary N) is 1. The Morgan fingerprint density at radius 2 is 2.44 bits per heavy atom. The highest BCUT2D eigenvalue weighted by Gasteiger charge is 2.20. The van der Waals surface area contributed by atoms with Crippen molar-refractivity contribution in [2.24, 2.45) is 0 Å². The van der Waals surface area contributed by atoms with E-state index in [2.05, 4.69) is 15.0 Å². The number of hydrogen-bond acceptors (Lipinski definition) is 5. The molecule has 0 amide bonds. The van der Waals surface area contributed by atoms with Crippen LogP contribution in [0, 0.1) is 0 Å². The maximum Gasteiger partial charge on any atom is 0.356 e. The van der Waals surface area contributed by atoms with Crippen LogP contribution >= 0.6 is 0 Å². The molecule has 1 aliphatic heterocycles. The number of furan rings is 1. The molecule has 2 aromatic rings. The summed E-state index contributed by atoms with van der Waals surface area (Å²) in [7, 11) is 1.34. The highest BCUT2D eigenvalue weighted by molar-refractivity contribution is 5.91. The Hall–Kier alpha value is -1.88. The van der Waals surface area contributed by atoms with Gasteiger partial charge in [0.1, 0.15) is 11.5 Å². The molecule has 0 saturated carbocycles. The zero-order chi connectivity index (χ0) is 12.5. The summed E-state index contributed by atoms with van der Waals surface area (Å²) in [4.78, 5) is 15.4. The van der Waals surface area contributed by atoms with E-state index in [-0.39, 0.29) is 6.04 Å². The molecule has 0 bridgehead atoms. The summed E-state index contributed by atoms with van der Waals surface area (Å²) < 4.78 is 10.4. The van der Waals surface area contributed by atoms with Crippen molar-refractivity contribution in [3.8, 4) is 0 Å². The van der Waals surface area contributed by atoms with Crippen LogP contribution in [0.2, 0.25) is 0 Å². The minimum absolute atomic E-state index is 0.277. The highest BCUT2D eigenvalue weighted by atomic mass is 16.5. The number of hydrogen-bond donors (Lipinski definition) is 1. The summed E-state index contributed by atoms with van der Waals surface area (Å²) in [6.07, 6.45) is 3.81. The Labute approximate surface area is 104 Å². The second kappa shape index (κ2) is 4.42. The Morgan fingerprint density at radius 1 is 1.56 bits per heavy atom. The summed E-state index contributed by atoms with van der Waals surface area (Å²) in [6, 6.07) is 3.94. The lowest BCUT2D eigenvalue weighted by Crippen LogP contribution is -2.11. The summed E-state index contributed by atoms with van der Waals surface area (Å²) >= 11 is 0. The van der Waals surface area contributed by atoms with Gasteiger partial charge in [0.25, 0.3) is 0 Å². The number of nitrogens with zero attached hydrogens (tertiary/aromatic N) is 1. The first kappa shape index (κ1) is 11.2. The Morgan fingerprint density at radius 3 is 3.17 bits per heavy atom. The smallest absolute Gasteiger partial charge is 0.356 e. The maximum atomic E-state index is 11.4. The maximum absolute atomic E-state index is 11.4. The number of carbonyl (C=O) groups is 1. The van der Waals surface area contributed by atoms with Crippen molar-refractivity contribution < 1.29 is 13.9 Å². The van der Waals surface area contributed by atoms with Crippen LogP contribution in [0.4, 0.5) is 0 Å². The van der Waals surface area contributed by atoms with Gasteiger partial charge in [-0.3, -0.25) is 0 Å². The second-order valence-electron chi connectivity index (χ2n) is 4.40. The number of rotatable bonds is 2. The molecule has 1 fully saturated rings. The number of aromatic nitrogens is 1. The molecule has 5 heteroatoms. The molecule has 0 spiro atoms. The average Bonchev–Trinajstić information content (AvgIpc) is 3.04. The molecule has 18 heavy (non-hydrogen) atoms. The van der Waals surface area contributed by atoms with Gasteiger partial charge in [0.15, 0.2) is 5.58 Å². The van der Waals surface area contributed by atoms with Crippen LogP contribution in [-0.4, -0.2) is 24.6 Å². The van der Waals surface area contributed by atoms with Gasteiger partial charge in [-0.2, -0.15) is 0 Å². The fourth-order valence-corrected chi connectivity index (χ4v) is 2.28. The molecule has 94 valence electrons. The standard InChI is InChI=1S/C13H14N2O3/c1-17-13(16)10-5-8-6-11(9-3-2-4-14-9)18-12(8)7-15-10/h5-7,9,14H,2-4H2,1H3/t9-/m0/s1. The molecule has 1 N–H and O–H groups in total. The molecule has 3 heterocycles. The highest BCUT2D eigenvalue weighted by Crippen LogP contribution is 2.28. The van der Waals surface area contributed by atoms with Crippen molar-refractivity contribution in [2.45, 2.75) is 18.9 Å². The van der Waals surface area contributed by atoms with Crippen molar-refractivity contribution in [2.75, 3.05) is 13.7 Å². The van der Waals surface area contributed by atoms with Crippen molar-refractivity contribution in [1.82, 2.24) is 10.3 Å². The first-order valence-corrected chi connectivity index (χ1v) is 5.99. The monoisotopic (exact) mass is 246 g/mol. The molecular formula is C13H14N2O3. The number of methoxy groups -OCH3 is 1. The van der Waals surface area contributed by atoms with E-state index in [1.54, 1.807) is 12.3 Å². The lowest BCUT2D eigenvalue weighted by Gasteiger charge is -2.04. The van der Waals surface area contributed by atoms with Crippen LogP contribution in [0.15, 0.2) is 22.7 Å². The van der Waals surface area contributed by atoms with Crippen molar-refractivity contribution in [3.05, 3.63) is 29.8 Å². The first-order valence-electron chi connectivity index (χ1n) is 5.99. The fraction of sp³-hybridized carbons (Fsp3) is 0.385. The summed E-state index contributed by atoms with van der Waals surface area (Å²) in [5.41, 5.74) is 1.00. The molecule has 5 nitrogen and oxygen atoms in total. The predicted octanol–water partition coefficient (Wildman–Crippen LogP) is 2.04. The van der Waals surface area contributed by atoms with E-state index in [9.17, 15) is 4.79 Å². The molecule has 0 aromatic carbocycles. The SMILES string of the molecule is COC(=O)c1cc2cc([C@@H]3CCCN3)oc2cn1. The first-order chi connectivity index (χ1) is 8.78. The number of fused-ring (bicyclic) bond motifs is 1. The molecule has 1 aliphatic rings. The molecule has 1 saturated heterocycles. The molecule has 0 aliphatic carbocycles. The van der Waals surface area contributed by atoms with E-state index in [4.69, 9.17) is 4.42 Å². The van der Waals surface area contributed by atoms with E-state index >= 15 is 0 Å². The number of esters is 1. The fourth-order valence-electron chi connectivity index (χ4n) is 2.28. The van der Waals surface area contributed by atoms with Gasteiger partial charge in [-0.05, 0) is 31.5 Å². The Bertz CT molecular complexity index is 585. The lowest BCUT2D eigenvalue weighted by molar-refractivity contribution is 0.0594. The summed E-state index contributed by atoms with van der Waals surface area (Å²) in [5, 5.41) is 4.26. The molecule has 0 radical (unpaired) electrons. The molecule has 3 rings (SSSR count). The third kappa shape index (κ3) is 1.86. The summed E-state index contributed by atoms with van der Waals surface area (Å²) in [5.74, 6) is 0.477. The van der Waals surface area contributed by atoms with Gasteiger partial charge in [-0.15, -0.1) is 0 Å². The van der Waals surface area contributed by atoms with Gasteiger partial charge < -0.3 is 14.5 Å². The van der Waals surface area contributed by atoms with E-state index in [0.29, 0.717) is 11.3 Å². The van der Waals surface area contributed by atoms with Crippen molar-refractivity contribution >= 4 is 16.9 Å². The van der Waals surface area contributed by atoms with Crippen molar-refractivity contribution in [3.63, 3.8) is 0 Å². The van der Waals surface area contributed by atoms with E-state index in [0.717, 1.165) is 30.5 Å². The van der Waals surface area contributed by atoms with Crippen LogP contribution in [0.3, 0.4) is 0 Å². The zero-order valence-electron chi connectivity index (χ0n) is 10.1. The van der Waals surface area contributed by atoms with Crippen LogP contribution in [-0.2, 0) is 4.74 Å². The molecule has 2 aromatic heterocycles. The normalized spacial score (nSPS) is 19.3. The van der Waals surface area contributed by atoms with Crippen LogP contribution in [0.1, 0.15) is 35.1 Å². The predicted molar refractivity (Wildman–Crippen MR) is 65.3 cm³/mol. The van der Waals surface area contributed by atoms with Crippen molar-refractivity contribution in [1.29, 1.82) is 0 Å². The quantitative estimate of drug-likeness (QED) is 0.821. The second-order valence-corrected chi connectivity index (χ2v) is 4.40. The van der Waals surface area contributed by atoms with Gasteiger partial charge in [0.2, 0.25) is 0 Å². The van der Waals surface area contributed by atoms with Gasteiger partial charge in [-0.25, -0.2) is 9.78 Å². The third-order valence-electron chi connectivity index (χ3n) is 3.22. The van der Waals surface area contributed by atoms with E-state index < -0.39 is 5.97 Å². The molecule has 1 atom stereocenters. The topological polar surface area (TPSA) is 64.4 Å². The van der Waals surface area contributed by atoms with E-state index in [1.807, 2.05) is 6.07 Å². The summed E-state index contributed by atoms with van der Waals surface area (Å²) in [6.45, 7) is 1.02. The van der Waals surface area contributed by atoms with Gasteiger partial charge in [-0.1, -0.05) is 0 Å².